The first-order valence-corrected chi connectivity index (χ1v) is 8.92. The minimum Gasteiger partial charge on any atom is -0.279 e. The molecule has 2 rings (SSSR count). The van der Waals surface area contributed by atoms with Crippen molar-refractivity contribution < 1.29 is 8.42 Å². The van der Waals surface area contributed by atoms with Crippen molar-refractivity contribution in [2.45, 2.75) is 25.7 Å². The summed E-state index contributed by atoms with van der Waals surface area (Å²) >= 11 is 9.30. The molecule has 0 aliphatic carbocycles. The van der Waals surface area contributed by atoms with Crippen molar-refractivity contribution >= 4 is 43.2 Å². The van der Waals surface area contributed by atoms with E-state index in [1.807, 2.05) is 32.9 Å². The molecule has 6 heteroatoms. The van der Waals surface area contributed by atoms with Crippen LogP contribution in [0.3, 0.4) is 0 Å². The van der Waals surface area contributed by atoms with Crippen LogP contribution in [0.15, 0.2) is 39.7 Å². The van der Waals surface area contributed by atoms with Crippen LogP contribution in [0.4, 0.5) is 5.69 Å². The molecule has 21 heavy (non-hydrogen) atoms. The molecule has 0 saturated carbocycles. The minimum atomic E-state index is -3.72. The normalized spacial score (nSPS) is 11.5. The van der Waals surface area contributed by atoms with Crippen LogP contribution in [0, 0.1) is 20.8 Å². The summed E-state index contributed by atoms with van der Waals surface area (Å²) in [5.41, 5.74) is 3.45. The van der Waals surface area contributed by atoms with Gasteiger partial charge >= 0.3 is 0 Å². The Kier molecular flexibility index (Phi) is 4.66. The molecule has 0 aliphatic rings. The second kappa shape index (κ2) is 5.99. The average molecular weight is 389 g/mol. The van der Waals surface area contributed by atoms with Crippen molar-refractivity contribution in [3.63, 3.8) is 0 Å². The molecule has 0 aromatic heterocycles. The van der Waals surface area contributed by atoms with Gasteiger partial charge in [0.05, 0.1) is 10.7 Å². The molecule has 0 saturated heterocycles. The predicted octanol–water partition coefficient (Wildman–Crippen LogP) is 4.83. The van der Waals surface area contributed by atoms with Gasteiger partial charge in [0, 0.05) is 4.47 Å². The SMILES string of the molecule is Cc1cc(C)c(NS(=O)(=O)c2ccc(Br)cc2Cl)c(C)c1. The van der Waals surface area contributed by atoms with Crippen LogP contribution in [-0.4, -0.2) is 8.42 Å². The molecule has 112 valence electrons. The summed E-state index contributed by atoms with van der Waals surface area (Å²) < 4.78 is 28.4. The number of rotatable bonds is 3. The third-order valence-corrected chi connectivity index (χ3v) is 5.42. The van der Waals surface area contributed by atoms with Gasteiger partial charge in [0.2, 0.25) is 0 Å². The average Bonchev–Trinajstić information content (AvgIpc) is 2.33. The number of aryl methyl sites for hydroxylation is 3. The molecule has 0 amide bonds. The molecule has 2 aromatic rings. The van der Waals surface area contributed by atoms with Crippen LogP contribution in [-0.2, 0) is 10.0 Å². The molecule has 0 fully saturated rings. The molecule has 0 radical (unpaired) electrons. The summed E-state index contributed by atoms with van der Waals surface area (Å²) in [6, 6.07) is 8.57. The van der Waals surface area contributed by atoms with Gasteiger partial charge in [-0.05, 0) is 50.1 Å². The first-order valence-electron chi connectivity index (χ1n) is 6.26. The van der Waals surface area contributed by atoms with Gasteiger partial charge < -0.3 is 0 Å². The minimum absolute atomic E-state index is 0.0618. The van der Waals surface area contributed by atoms with Crippen LogP contribution in [0.25, 0.3) is 0 Å². The molecule has 1 N–H and O–H groups in total. The number of benzene rings is 2. The highest BCUT2D eigenvalue weighted by molar-refractivity contribution is 9.10. The summed E-state index contributed by atoms with van der Waals surface area (Å²) in [5.74, 6) is 0. The van der Waals surface area contributed by atoms with E-state index in [2.05, 4.69) is 20.7 Å². The lowest BCUT2D eigenvalue weighted by molar-refractivity contribution is 0.601. The highest BCUT2D eigenvalue weighted by Gasteiger charge is 2.20. The summed E-state index contributed by atoms with van der Waals surface area (Å²) in [7, 11) is -3.72. The fourth-order valence-electron chi connectivity index (χ4n) is 2.22. The van der Waals surface area contributed by atoms with Crippen LogP contribution >= 0.6 is 27.5 Å². The Morgan fingerprint density at radius 2 is 1.62 bits per heavy atom. The molecule has 2 aromatic carbocycles. The Balaban J connectivity index is 2.47. The smallest absolute Gasteiger partial charge is 0.263 e. The number of nitrogens with one attached hydrogen (secondary N) is 1. The van der Waals surface area contributed by atoms with Gasteiger partial charge in [0.15, 0.2) is 0 Å². The second-order valence-corrected chi connectivity index (χ2v) is 7.93. The fraction of sp³-hybridized carbons (Fsp3) is 0.200. The zero-order valence-electron chi connectivity index (χ0n) is 11.9. The van der Waals surface area contributed by atoms with Crippen molar-refractivity contribution in [3.05, 3.63) is 56.5 Å². The number of hydrogen-bond acceptors (Lipinski definition) is 2. The number of halogens is 2. The molecule has 0 heterocycles. The Bertz CT molecular complexity index is 780. The monoisotopic (exact) mass is 387 g/mol. The molecule has 0 aliphatic heterocycles. The number of anilines is 1. The predicted molar refractivity (Wildman–Crippen MR) is 90.6 cm³/mol. The molecule has 0 spiro atoms. The largest absolute Gasteiger partial charge is 0.279 e. The van der Waals surface area contributed by atoms with E-state index in [0.29, 0.717) is 5.69 Å². The second-order valence-electron chi connectivity index (χ2n) is 4.95. The molecular formula is C15H15BrClNO2S. The van der Waals surface area contributed by atoms with Gasteiger partial charge in [-0.25, -0.2) is 8.42 Å². The fourth-order valence-corrected chi connectivity index (χ4v) is 4.47. The first-order chi connectivity index (χ1) is 9.70. The Morgan fingerprint density at radius 1 is 1.05 bits per heavy atom. The van der Waals surface area contributed by atoms with Gasteiger partial charge in [-0.15, -0.1) is 0 Å². The third kappa shape index (κ3) is 3.59. The zero-order chi connectivity index (χ0) is 15.8. The van der Waals surface area contributed by atoms with Crippen molar-refractivity contribution in [1.29, 1.82) is 0 Å². The van der Waals surface area contributed by atoms with Gasteiger partial charge in [-0.3, -0.25) is 4.72 Å². The zero-order valence-corrected chi connectivity index (χ0v) is 15.0. The standard InChI is InChI=1S/C15H15BrClNO2S/c1-9-6-10(2)15(11(3)7-9)18-21(19,20)14-5-4-12(16)8-13(14)17/h4-8,18H,1-3H3. The van der Waals surface area contributed by atoms with Gasteiger partial charge in [0.1, 0.15) is 4.90 Å². The summed E-state index contributed by atoms with van der Waals surface area (Å²) in [6.45, 7) is 5.73. The quantitative estimate of drug-likeness (QED) is 0.818. The summed E-state index contributed by atoms with van der Waals surface area (Å²) in [5, 5.41) is 0.180. The van der Waals surface area contributed by atoms with E-state index in [1.165, 1.54) is 6.07 Å². The van der Waals surface area contributed by atoms with Crippen molar-refractivity contribution in [2.75, 3.05) is 4.72 Å². The van der Waals surface area contributed by atoms with Crippen molar-refractivity contribution in [3.8, 4) is 0 Å². The van der Waals surface area contributed by atoms with Crippen LogP contribution in [0.2, 0.25) is 5.02 Å². The highest BCUT2D eigenvalue weighted by Crippen LogP contribution is 2.29. The molecule has 3 nitrogen and oxygen atoms in total. The van der Waals surface area contributed by atoms with E-state index < -0.39 is 10.0 Å². The maximum absolute atomic E-state index is 12.5. The molecule has 0 atom stereocenters. The number of sulfonamides is 1. The van der Waals surface area contributed by atoms with Crippen molar-refractivity contribution in [2.24, 2.45) is 0 Å². The highest BCUT2D eigenvalue weighted by atomic mass is 79.9. The van der Waals surface area contributed by atoms with Crippen LogP contribution in [0.5, 0.6) is 0 Å². The van der Waals surface area contributed by atoms with E-state index in [0.717, 1.165) is 21.2 Å². The van der Waals surface area contributed by atoms with E-state index >= 15 is 0 Å². The lowest BCUT2D eigenvalue weighted by atomic mass is 10.1. The topological polar surface area (TPSA) is 46.2 Å². The lowest BCUT2D eigenvalue weighted by Gasteiger charge is -2.15. The van der Waals surface area contributed by atoms with Gasteiger partial charge in [-0.2, -0.15) is 0 Å². The summed E-state index contributed by atoms with van der Waals surface area (Å²) in [6.07, 6.45) is 0. The lowest BCUT2D eigenvalue weighted by Crippen LogP contribution is -2.15. The maximum Gasteiger partial charge on any atom is 0.263 e. The van der Waals surface area contributed by atoms with E-state index in [9.17, 15) is 8.42 Å². The van der Waals surface area contributed by atoms with E-state index in [-0.39, 0.29) is 9.92 Å². The van der Waals surface area contributed by atoms with Crippen LogP contribution < -0.4 is 4.72 Å². The van der Waals surface area contributed by atoms with E-state index in [4.69, 9.17) is 11.6 Å². The van der Waals surface area contributed by atoms with Crippen LogP contribution in [0.1, 0.15) is 16.7 Å². The molecule has 0 bridgehead atoms. The Hall–Kier alpha value is -1.04. The Morgan fingerprint density at radius 3 is 2.14 bits per heavy atom. The van der Waals surface area contributed by atoms with E-state index in [1.54, 1.807) is 12.1 Å². The number of hydrogen-bond donors (Lipinski definition) is 1. The van der Waals surface area contributed by atoms with Gasteiger partial charge in [-0.1, -0.05) is 45.2 Å². The maximum atomic E-state index is 12.5. The molecule has 0 unspecified atom stereocenters. The van der Waals surface area contributed by atoms with Crippen molar-refractivity contribution in [1.82, 2.24) is 0 Å². The first kappa shape index (κ1) is 16.3. The Labute approximate surface area is 138 Å². The third-order valence-electron chi connectivity index (χ3n) is 3.10. The molecular weight excluding hydrogens is 374 g/mol. The summed E-state index contributed by atoms with van der Waals surface area (Å²) in [4.78, 5) is 0.0618. The van der Waals surface area contributed by atoms with Gasteiger partial charge in [0.25, 0.3) is 10.0 Å².